The first-order chi connectivity index (χ1) is 5.86. The van der Waals surface area contributed by atoms with Crippen LogP contribution >= 0.6 is 0 Å². The summed E-state index contributed by atoms with van der Waals surface area (Å²) in [6, 6.07) is 0. The Hall–Kier alpha value is -1.10. The number of nitrogens with one attached hydrogen (secondary N) is 1. The van der Waals surface area contributed by atoms with E-state index in [2.05, 4.69) is 15.4 Å². The topological polar surface area (TPSA) is 52.0 Å². The van der Waals surface area contributed by atoms with Gasteiger partial charge in [-0.05, 0) is 6.42 Å². The lowest BCUT2D eigenvalue weighted by Gasteiger charge is -1.98. The van der Waals surface area contributed by atoms with Crippen LogP contribution in [0, 0.1) is 0 Å². The largest absolute Gasteiger partial charge is 0.385 e. The van der Waals surface area contributed by atoms with Crippen LogP contribution in [0.4, 0.5) is 5.95 Å². The predicted octanol–water partition coefficient (Wildman–Crippen LogP) is 0.356. The smallest absolute Gasteiger partial charge is 0.241 e. The molecule has 1 N–H and O–H groups in total. The van der Waals surface area contributed by atoms with Gasteiger partial charge in [0.15, 0.2) is 0 Å². The van der Waals surface area contributed by atoms with E-state index < -0.39 is 0 Å². The fourth-order valence-corrected chi connectivity index (χ4v) is 0.888. The van der Waals surface area contributed by atoms with Gasteiger partial charge in [-0.15, -0.1) is 5.10 Å². The Morgan fingerprint density at radius 3 is 3.08 bits per heavy atom. The van der Waals surface area contributed by atoms with Crippen LogP contribution in [0.5, 0.6) is 0 Å². The molecule has 12 heavy (non-hydrogen) atoms. The van der Waals surface area contributed by atoms with Crippen LogP contribution in [0.15, 0.2) is 6.33 Å². The Kier molecular flexibility index (Phi) is 3.53. The number of anilines is 1. The average molecular weight is 170 g/mol. The molecule has 1 heterocycles. The zero-order chi connectivity index (χ0) is 8.81. The lowest BCUT2D eigenvalue weighted by atomic mass is 10.5. The van der Waals surface area contributed by atoms with Gasteiger partial charge in [0, 0.05) is 27.3 Å². The molecule has 68 valence electrons. The Labute approximate surface area is 71.7 Å². The summed E-state index contributed by atoms with van der Waals surface area (Å²) in [6.07, 6.45) is 2.67. The first-order valence-corrected chi connectivity index (χ1v) is 3.93. The van der Waals surface area contributed by atoms with Gasteiger partial charge in [-0.25, -0.2) is 4.98 Å². The number of hydrogen-bond acceptors (Lipinski definition) is 4. The molecule has 1 rings (SSSR count). The number of aromatic nitrogens is 3. The summed E-state index contributed by atoms with van der Waals surface area (Å²) < 4.78 is 6.72. The van der Waals surface area contributed by atoms with Crippen molar-refractivity contribution in [3.8, 4) is 0 Å². The second-order valence-electron chi connectivity index (χ2n) is 2.43. The highest BCUT2D eigenvalue weighted by Gasteiger charge is 1.96. The minimum atomic E-state index is 0.660. The highest BCUT2D eigenvalue weighted by molar-refractivity contribution is 5.18. The molecule has 5 nitrogen and oxygen atoms in total. The summed E-state index contributed by atoms with van der Waals surface area (Å²) in [6.45, 7) is 1.61. The predicted molar refractivity (Wildman–Crippen MR) is 46.1 cm³/mol. The third-order valence-corrected chi connectivity index (χ3v) is 1.50. The lowest BCUT2D eigenvalue weighted by molar-refractivity contribution is 0.189. The molecule has 0 aromatic carbocycles. The molecule has 0 spiro atoms. The Morgan fingerprint density at radius 2 is 2.50 bits per heavy atom. The van der Waals surface area contributed by atoms with Crippen LogP contribution in [-0.2, 0) is 11.3 Å². The van der Waals surface area contributed by atoms with Crippen molar-refractivity contribution in [3.05, 3.63) is 6.33 Å². The van der Waals surface area contributed by atoms with Crippen LogP contribution in [0.1, 0.15) is 6.42 Å². The van der Waals surface area contributed by atoms with Crippen molar-refractivity contribution < 1.29 is 4.74 Å². The van der Waals surface area contributed by atoms with Gasteiger partial charge < -0.3 is 10.1 Å². The maximum absolute atomic E-state index is 4.92. The highest BCUT2D eigenvalue weighted by Crippen LogP contribution is 1.95. The van der Waals surface area contributed by atoms with E-state index in [4.69, 9.17) is 4.74 Å². The van der Waals surface area contributed by atoms with E-state index in [-0.39, 0.29) is 0 Å². The number of aryl methyl sites for hydroxylation is 1. The number of methoxy groups -OCH3 is 1. The van der Waals surface area contributed by atoms with Gasteiger partial charge in [0.2, 0.25) is 5.95 Å². The minimum absolute atomic E-state index is 0.660. The molecule has 5 heteroatoms. The third kappa shape index (κ3) is 2.50. The quantitative estimate of drug-likeness (QED) is 0.648. The monoisotopic (exact) mass is 170 g/mol. The Morgan fingerprint density at radius 1 is 1.67 bits per heavy atom. The van der Waals surface area contributed by atoms with Crippen molar-refractivity contribution in [2.24, 2.45) is 0 Å². The van der Waals surface area contributed by atoms with Crippen molar-refractivity contribution in [2.75, 3.05) is 26.1 Å². The summed E-state index contributed by atoms with van der Waals surface area (Å²) in [5.74, 6) is 0.660. The summed E-state index contributed by atoms with van der Waals surface area (Å²) >= 11 is 0. The van der Waals surface area contributed by atoms with Gasteiger partial charge in [0.1, 0.15) is 6.33 Å². The molecule has 0 aliphatic rings. The molecule has 0 radical (unpaired) electrons. The zero-order valence-electron chi connectivity index (χ0n) is 7.45. The molecule has 0 unspecified atom stereocenters. The van der Waals surface area contributed by atoms with Crippen molar-refractivity contribution >= 4 is 5.95 Å². The van der Waals surface area contributed by atoms with Gasteiger partial charge in [-0.3, -0.25) is 4.68 Å². The maximum atomic E-state index is 4.92. The fourth-order valence-electron chi connectivity index (χ4n) is 0.888. The summed E-state index contributed by atoms with van der Waals surface area (Å²) in [4.78, 5) is 4.01. The van der Waals surface area contributed by atoms with Crippen molar-refractivity contribution in [3.63, 3.8) is 0 Å². The molecular weight excluding hydrogens is 156 g/mol. The molecule has 0 aliphatic heterocycles. The third-order valence-electron chi connectivity index (χ3n) is 1.50. The molecule has 1 aromatic heterocycles. The van der Waals surface area contributed by atoms with Gasteiger partial charge in [-0.2, -0.15) is 0 Å². The second kappa shape index (κ2) is 4.71. The zero-order valence-corrected chi connectivity index (χ0v) is 7.45. The normalized spacial score (nSPS) is 10.2. The molecule has 0 fully saturated rings. The van der Waals surface area contributed by atoms with Crippen molar-refractivity contribution in [1.82, 2.24) is 14.8 Å². The van der Waals surface area contributed by atoms with Crippen molar-refractivity contribution in [1.29, 1.82) is 0 Å². The first kappa shape index (κ1) is 8.99. The summed E-state index contributed by atoms with van der Waals surface area (Å²) in [7, 11) is 3.50. The standard InChI is InChI=1S/C7H14N4O/c1-8-7-9-6-11(10-7)4-3-5-12-2/h6H,3-5H2,1-2H3,(H,8,10). The molecule has 0 amide bonds. The maximum Gasteiger partial charge on any atom is 0.241 e. The van der Waals surface area contributed by atoms with Gasteiger partial charge in [0.05, 0.1) is 0 Å². The molecule has 1 aromatic rings. The highest BCUT2D eigenvalue weighted by atomic mass is 16.5. The second-order valence-corrected chi connectivity index (χ2v) is 2.43. The van der Waals surface area contributed by atoms with Crippen LogP contribution in [0.25, 0.3) is 0 Å². The van der Waals surface area contributed by atoms with Crippen LogP contribution in [0.2, 0.25) is 0 Å². The van der Waals surface area contributed by atoms with Crippen LogP contribution < -0.4 is 5.32 Å². The molecule has 0 atom stereocenters. The van der Waals surface area contributed by atoms with E-state index >= 15 is 0 Å². The Balaban J connectivity index is 2.31. The minimum Gasteiger partial charge on any atom is -0.385 e. The van der Waals surface area contributed by atoms with Crippen LogP contribution in [-0.4, -0.2) is 35.5 Å². The average Bonchev–Trinajstić information content (AvgIpc) is 2.53. The molecular formula is C7H14N4O. The molecule has 0 saturated heterocycles. The van der Waals surface area contributed by atoms with E-state index in [1.807, 2.05) is 0 Å². The van der Waals surface area contributed by atoms with Crippen LogP contribution in [0.3, 0.4) is 0 Å². The van der Waals surface area contributed by atoms with E-state index in [1.54, 1.807) is 25.2 Å². The summed E-state index contributed by atoms with van der Waals surface area (Å²) in [5.41, 5.74) is 0. The molecule has 0 bridgehead atoms. The number of ether oxygens (including phenoxy) is 1. The SMILES string of the molecule is CNc1ncn(CCCOC)n1. The van der Waals surface area contributed by atoms with Crippen molar-refractivity contribution in [2.45, 2.75) is 13.0 Å². The van der Waals surface area contributed by atoms with E-state index in [0.29, 0.717) is 5.95 Å². The summed E-state index contributed by atoms with van der Waals surface area (Å²) in [5, 5.41) is 7.00. The van der Waals surface area contributed by atoms with Gasteiger partial charge in [0.25, 0.3) is 0 Å². The molecule has 0 aliphatic carbocycles. The number of rotatable bonds is 5. The Bertz CT molecular complexity index is 223. The number of hydrogen-bond donors (Lipinski definition) is 1. The van der Waals surface area contributed by atoms with Gasteiger partial charge in [-0.1, -0.05) is 0 Å². The number of nitrogens with zero attached hydrogens (tertiary/aromatic N) is 3. The fraction of sp³-hybridized carbons (Fsp3) is 0.714. The molecule has 0 saturated carbocycles. The van der Waals surface area contributed by atoms with Gasteiger partial charge >= 0.3 is 0 Å². The van der Waals surface area contributed by atoms with E-state index in [9.17, 15) is 0 Å². The van der Waals surface area contributed by atoms with E-state index in [1.165, 1.54) is 0 Å². The first-order valence-electron chi connectivity index (χ1n) is 3.93. The lowest BCUT2D eigenvalue weighted by Crippen LogP contribution is -2.02. The van der Waals surface area contributed by atoms with E-state index in [0.717, 1.165) is 19.6 Å².